The van der Waals surface area contributed by atoms with Crippen molar-refractivity contribution in [1.82, 2.24) is 0 Å². The molecule has 1 unspecified atom stereocenters. The van der Waals surface area contributed by atoms with Gasteiger partial charge in [-0.25, -0.2) is 0 Å². The number of ether oxygens (including phenoxy) is 1. The first-order chi connectivity index (χ1) is 9.11. The number of hydrogen-bond acceptors (Lipinski definition) is 3. The van der Waals surface area contributed by atoms with E-state index >= 15 is 0 Å². The minimum atomic E-state index is -0.0475. The molecular weight excluding hydrogens is 240 g/mol. The number of nitrogens with two attached hydrogens (primary N) is 1. The van der Waals surface area contributed by atoms with Crippen LogP contribution in [0, 0.1) is 5.92 Å². The number of carbonyl (C=O) groups excluding carboxylic acids is 1. The van der Waals surface area contributed by atoms with Gasteiger partial charge < -0.3 is 15.8 Å². The highest BCUT2D eigenvalue weighted by Gasteiger charge is 2.04. The maximum Gasteiger partial charge on any atom is 0.226 e. The van der Waals surface area contributed by atoms with Crippen molar-refractivity contribution in [2.45, 2.75) is 33.1 Å². The molecule has 1 aromatic carbocycles. The predicted octanol–water partition coefficient (Wildman–Crippen LogP) is 3.05. The second-order valence-corrected chi connectivity index (χ2v) is 4.89. The summed E-state index contributed by atoms with van der Waals surface area (Å²) in [5, 5.41) is 2.80. The third-order valence-electron chi connectivity index (χ3n) is 2.83. The van der Waals surface area contributed by atoms with Crippen molar-refractivity contribution in [1.29, 1.82) is 0 Å². The van der Waals surface area contributed by atoms with Crippen molar-refractivity contribution in [3.05, 3.63) is 24.3 Å². The lowest BCUT2D eigenvalue weighted by molar-refractivity contribution is -0.117. The van der Waals surface area contributed by atoms with Crippen LogP contribution >= 0.6 is 0 Å². The van der Waals surface area contributed by atoms with Gasteiger partial charge >= 0.3 is 0 Å². The van der Waals surface area contributed by atoms with Crippen LogP contribution in [0.3, 0.4) is 0 Å². The number of amides is 1. The fraction of sp³-hybridized carbons (Fsp3) is 0.533. The van der Waals surface area contributed by atoms with Crippen molar-refractivity contribution in [2.75, 3.05) is 24.3 Å². The maximum absolute atomic E-state index is 11.7. The molecule has 0 radical (unpaired) electrons. The third-order valence-corrected chi connectivity index (χ3v) is 2.83. The smallest absolute Gasteiger partial charge is 0.226 e. The Bertz CT molecular complexity index is 393. The Morgan fingerprint density at radius 2 is 2.26 bits per heavy atom. The van der Waals surface area contributed by atoms with Crippen molar-refractivity contribution in [3.8, 4) is 0 Å². The molecule has 0 aromatic heterocycles. The van der Waals surface area contributed by atoms with Crippen LogP contribution in [-0.4, -0.2) is 19.1 Å². The standard InChI is InChI=1S/C15H24N2O2/c1-3-5-12(2)11-19-9-8-15(18)17-14-7-4-6-13(16)10-14/h4,6-7,10,12H,3,5,8-9,11,16H2,1-2H3,(H,17,18). The molecule has 4 nitrogen and oxygen atoms in total. The van der Waals surface area contributed by atoms with Gasteiger partial charge in [-0.3, -0.25) is 4.79 Å². The number of carbonyl (C=O) groups is 1. The third kappa shape index (κ3) is 6.82. The normalized spacial score (nSPS) is 12.1. The van der Waals surface area contributed by atoms with Gasteiger partial charge in [-0.1, -0.05) is 26.3 Å². The number of hydrogen-bond donors (Lipinski definition) is 2. The minimum absolute atomic E-state index is 0.0475. The number of nitrogens with one attached hydrogen (secondary N) is 1. The molecule has 0 aliphatic heterocycles. The summed E-state index contributed by atoms with van der Waals surface area (Å²) in [5.74, 6) is 0.510. The van der Waals surface area contributed by atoms with E-state index in [1.807, 2.05) is 12.1 Å². The Morgan fingerprint density at radius 3 is 2.95 bits per heavy atom. The number of anilines is 2. The molecule has 4 heteroatoms. The van der Waals surface area contributed by atoms with Crippen LogP contribution in [0.25, 0.3) is 0 Å². The van der Waals surface area contributed by atoms with Crippen LogP contribution in [0.4, 0.5) is 11.4 Å². The van der Waals surface area contributed by atoms with Crippen molar-refractivity contribution < 1.29 is 9.53 Å². The molecule has 1 aromatic rings. The highest BCUT2D eigenvalue weighted by Crippen LogP contribution is 2.12. The van der Waals surface area contributed by atoms with Gasteiger partial charge in [0.05, 0.1) is 13.0 Å². The van der Waals surface area contributed by atoms with Crippen LogP contribution < -0.4 is 11.1 Å². The summed E-state index contributed by atoms with van der Waals surface area (Å²) in [7, 11) is 0. The van der Waals surface area contributed by atoms with E-state index in [9.17, 15) is 4.79 Å². The van der Waals surface area contributed by atoms with Crippen LogP contribution in [-0.2, 0) is 9.53 Å². The summed E-state index contributed by atoms with van der Waals surface area (Å²) in [6.07, 6.45) is 2.70. The van der Waals surface area contributed by atoms with E-state index in [-0.39, 0.29) is 5.91 Å². The Hall–Kier alpha value is -1.55. The van der Waals surface area contributed by atoms with Gasteiger partial charge in [0.2, 0.25) is 5.91 Å². The molecule has 0 spiro atoms. The van der Waals surface area contributed by atoms with Gasteiger partial charge in [-0.2, -0.15) is 0 Å². The summed E-state index contributed by atoms with van der Waals surface area (Å²) in [6, 6.07) is 7.16. The highest BCUT2D eigenvalue weighted by molar-refractivity contribution is 5.91. The first kappa shape index (κ1) is 15.5. The zero-order valence-corrected chi connectivity index (χ0v) is 11.8. The zero-order chi connectivity index (χ0) is 14.1. The highest BCUT2D eigenvalue weighted by atomic mass is 16.5. The minimum Gasteiger partial charge on any atom is -0.399 e. The molecule has 0 saturated heterocycles. The molecule has 0 aliphatic rings. The molecule has 1 amide bonds. The molecule has 0 fully saturated rings. The molecule has 0 bridgehead atoms. The first-order valence-corrected chi connectivity index (χ1v) is 6.85. The van der Waals surface area contributed by atoms with E-state index in [1.54, 1.807) is 12.1 Å². The Labute approximate surface area is 115 Å². The first-order valence-electron chi connectivity index (χ1n) is 6.85. The summed E-state index contributed by atoms with van der Waals surface area (Å²) in [5.41, 5.74) is 7.01. The van der Waals surface area contributed by atoms with Crippen molar-refractivity contribution in [3.63, 3.8) is 0 Å². The number of nitrogen functional groups attached to an aromatic ring is 1. The Balaban J connectivity index is 2.18. The van der Waals surface area contributed by atoms with Gasteiger partial charge in [0, 0.05) is 18.0 Å². The van der Waals surface area contributed by atoms with Gasteiger partial charge in [-0.15, -0.1) is 0 Å². The SMILES string of the molecule is CCCC(C)COCCC(=O)Nc1cccc(N)c1. The van der Waals surface area contributed by atoms with E-state index in [0.29, 0.717) is 24.6 Å². The average molecular weight is 264 g/mol. The summed E-state index contributed by atoms with van der Waals surface area (Å²) in [6.45, 7) is 5.51. The van der Waals surface area contributed by atoms with Crippen LogP contribution in [0.1, 0.15) is 33.1 Å². The van der Waals surface area contributed by atoms with Gasteiger partial charge in [0.1, 0.15) is 0 Å². The molecule has 19 heavy (non-hydrogen) atoms. The largest absolute Gasteiger partial charge is 0.399 e. The lowest BCUT2D eigenvalue weighted by Gasteiger charge is -2.10. The topological polar surface area (TPSA) is 64.3 Å². The zero-order valence-electron chi connectivity index (χ0n) is 11.8. The molecule has 0 heterocycles. The summed E-state index contributed by atoms with van der Waals surface area (Å²) < 4.78 is 5.49. The monoisotopic (exact) mass is 264 g/mol. The lowest BCUT2D eigenvalue weighted by atomic mass is 10.1. The molecule has 106 valence electrons. The quantitative estimate of drug-likeness (QED) is 0.560. The van der Waals surface area contributed by atoms with Gasteiger partial charge in [0.15, 0.2) is 0 Å². The average Bonchev–Trinajstić information content (AvgIpc) is 2.35. The van der Waals surface area contributed by atoms with E-state index < -0.39 is 0 Å². The van der Waals surface area contributed by atoms with Crippen LogP contribution in [0.15, 0.2) is 24.3 Å². The van der Waals surface area contributed by atoms with E-state index in [1.165, 1.54) is 6.42 Å². The van der Waals surface area contributed by atoms with E-state index in [4.69, 9.17) is 10.5 Å². The predicted molar refractivity (Wildman–Crippen MR) is 79.0 cm³/mol. The second-order valence-electron chi connectivity index (χ2n) is 4.89. The maximum atomic E-state index is 11.7. The molecule has 0 aliphatic carbocycles. The summed E-state index contributed by atoms with van der Waals surface area (Å²) >= 11 is 0. The van der Waals surface area contributed by atoms with E-state index in [0.717, 1.165) is 18.7 Å². The second kappa shape index (κ2) is 8.53. The number of rotatable bonds is 8. The lowest BCUT2D eigenvalue weighted by Crippen LogP contribution is -2.15. The Morgan fingerprint density at radius 1 is 1.47 bits per heavy atom. The summed E-state index contributed by atoms with van der Waals surface area (Å²) in [4.78, 5) is 11.7. The number of benzene rings is 1. The molecule has 1 rings (SSSR count). The van der Waals surface area contributed by atoms with Crippen LogP contribution in [0.2, 0.25) is 0 Å². The van der Waals surface area contributed by atoms with Gasteiger partial charge in [-0.05, 0) is 30.5 Å². The van der Waals surface area contributed by atoms with Crippen molar-refractivity contribution in [2.24, 2.45) is 5.92 Å². The van der Waals surface area contributed by atoms with Gasteiger partial charge in [0.25, 0.3) is 0 Å². The van der Waals surface area contributed by atoms with Crippen LogP contribution in [0.5, 0.6) is 0 Å². The fourth-order valence-corrected chi connectivity index (χ4v) is 1.87. The molecular formula is C15H24N2O2. The van der Waals surface area contributed by atoms with Crippen molar-refractivity contribution >= 4 is 17.3 Å². The van der Waals surface area contributed by atoms with E-state index in [2.05, 4.69) is 19.2 Å². The molecule has 1 atom stereocenters. The molecule has 3 N–H and O–H groups in total. The fourth-order valence-electron chi connectivity index (χ4n) is 1.87. The Kier molecular flexibility index (Phi) is 6.97. The molecule has 0 saturated carbocycles.